The first kappa shape index (κ1) is 15.6. The average molecular weight is 376 g/mol. The van der Waals surface area contributed by atoms with Crippen LogP contribution in [0.4, 0.5) is 0 Å². The van der Waals surface area contributed by atoms with E-state index in [1.54, 1.807) is 21.8 Å². The number of hydrogen-bond donors (Lipinski definition) is 1. The van der Waals surface area contributed by atoms with E-state index in [9.17, 15) is 4.79 Å². The summed E-state index contributed by atoms with van der Waals surface area (Å²) >= 11 is 4.65. The van der Waals surface area contributed by atoms with Gasteiger partial charge in [-0.05, 0) is 18.4 Å². The fourth-order valence-corrected chi connectivity index (χ4v) is 4.62. The summed E-state index contributed by atoms with van der Waals surface area (Å²) in [5.41, 5.74) is 1.62. The Bertz CT molecular complexity index is 1030. The first-order valence-corrected chi connectivity index (χ1v) is 9.97. The maximum absolute atomic E-state index is 12.2. The number of aryl methyl sites for hydroxylation is 1. The molecule has 0 aromatic carbocycles. The lowest BCUT2D eigenvalue weighted by molar-refractivity contribution is 0.957. The SMILES string of the molecule is Cc1csc2nc(CSc3n[nH]c(Cc4cccs4)n3)cc(=O)n12. The third-order valence-electron chi connectivity index (χ3n) is 3.41. The van der Waals surface area contributed by atoms with Gasteiger partial charge in [-0.3, -0.25) is 14.3 Å². The van der Waals surface area contributed by atoms with Gasteiger partial charge >= 0.3 is 0 Å². The molecule has 6 nitrogen and oxygen atoms in total. The number of H-pyrrole nitrogens is 1. The molecule has 24 heavy (non-hydrogen) atoms. The number of hydrogen-bond acceptors (Lipinski definition) is 7. The van der Waals surface area contributed by atoms with Crippen molar-refractivity contribution in [3.8, 4) is 0 Å². The van der Waals surface area contributed by atoms with Crippen LogP contribution in [0, 0.1) is 6.92 Å². The molecule has 0 aliphatic carbocycles. The molecule has 0 aliphatic rings. The van der Waals surface area contributed by atoms with Crippen LogP contribution >= 0.6 is 34.4 Å². The molecule has 0 radical (unpaired) electrons. The minimum absolute atomic E-state index is 0.0391. The van der Waals surface area contributed by atoms with Crippen molar-refractivity contribution in [3.05, 3.63) is 61.4 Å². The maximum atomic E-state index is 12.2. The average Bonchev–Trinajstić information content (AvgIpc) is 3.28. The highest BCUT2D eigenvalue weighted by Gasteiger charge is 2.09. The summed E-state index contributed by atoms with van der Waals surface area (Å²) in [6.07, 6.45) is 0.755. The third kappa shape index (κ3) is 3.14. The van der Waals surface area contributed by atoms with E-state index in [1.165, 1.54) is 28.0 Å². The zero-order chi connectivity index (χ0) is 16.5. The molecule has 0 fully saturated rings. The lowest BCUT2D eigenvalue weighted by Gasteiger charge is -1.99. The van der Waals surface area contributed by atoms with Gasteiger partial charge in [-0.2, -0.15) is 0 Å². The van der Waals surface area contributed by atoms with E-state index in [2.05, 4.69) is 26.2 Å². The van der Waals surface area contributed by atoms with Gasteiger partial charge in [-0.25, -0.2) is 9.97 Å². The van der Waals surface area contributed by atoms with Gasteiger partial charge in [0.05, 0.1) is 5.69 Å². The highest BCUT2D eigenvalue weighted by molar-refractivity contribution is 7.98. The summed E-state index contributed by atoms with van der Waals surface area (Å²) in [6.45, 7) is 1.91. The minimum Gasteiger partial charge on any atom is -0.269 e. The second kappa shape index (κ2) is 6.50. The topological polar surface area (TPSA) is 75.9 Å². The van der Waals surface area contributed by atoms with Gasteiger partial charge in [0.15, 0.2) is 4.96 Å². The van der Waals surface area contributed by atoms with Crippen LogP contribution in [0.2, 0.25) is 0 Å². The Balaban J connectivity index is 1.47. The van der Waals surface area contributed by atoms with Crippen LogP contribution < -0.4 is 5.56 Å². The fraction of sp³-hybridized carbons (Fsp3) is 0.200. The van der Waals surface area contributed by atoms with Crippen LogP contribution in [0.25, 0.3) is 4.96 Å². The zero-order valence-electron chi connectivity index (χ0n) is 12.7. The van der Waals surface area contributed by atoms with E-state index in [-0.39, 0.29) is 5.56 Å². The summed E-state index contributed by atoms with van der Waals surface area (Å²) < 4.78 is 1.63. The second-order valence-corrected chi connectivity index (χ2v) is 8.00. The number of thioether (sulfide) groups is 1. The van der Waals surface area contributed by atoms with Crippen LogP contribution in [-0.2, 0) is 12.2 Å². The van der Waals surface area contributed by atoms with Crippen LogP contribution in [0.3, 0.4) is 0 Å². The standard InChI is InChI=1S/C15H13N5OS3/c1-9-7-24-15-16-10(5-13(21)20(9)15)8-23-14-17-12(18-19-14)6-11-3-2-4-22-11/h2-5,7H,6,8H2,1H3,(H,17,18,19). The van der Waals surface area contributed by atoms with E-state index >= 15 is 0 Å². The Morgan fingerprint density at radius 3 is 3.08 bits per heavy atom. The molecule has 0 saturated heterocycles. The summed E-state index contributed by atoms with van der Waals surface area (Å²) in [5.74, 6) is 1.41. The lowest BCUT2D eigenvalue weighted by Crippen LogP contribution is -2.14. The Morgan fingerprint density at radius 2 is 2.25 bits per heavy atom. The quantitative estimate of drug-likeness (QED) is 0.542. The third-order valence-corrected chi connectivity index (χ3v) is 6.11. The highest BCUT2D eigenvalue weighted by Crippen LogP contribution is 2.20. The molecule has 0 bridgehead atoms. The van der Waals surface area contributed by atoms with Crippen molar-refractivity contribution in [3.63, 3.8) is 0 Å². The Labute approximate surface area is 149 Å². The van der Waals surface area contributed by atoms with Crippen molar-refractivity contribution in [1.29, 1.82) is 0 Å². The minimum atomic E-state index is -0.0391. The summed E-state index contributed by atoms with van der Waals surface area (Å²) in [7, 11) is 0. The van der Waals surface area contributed by atoms with Gasteiger partial charge in [0.1, 0.15) is 5.82 Å². The molecular formula is C15H13N5OS3. The molecule has 4 heterocycles. The number of thiazole rings is 1. The maximum Gasteiger partial charge on any atom is 0.258 e. The van der Waals surface area contributed by atoms with Crippen molar-refractivity contribution < 1.29 is 0 Å². The zero-order valence-corrected chi connectivity index (χ0v) is 15.2. The molecular weight excluding hydrogens is 362 g/mol. The molecule has 122 valence electrons. The molecule has 0 amide bonds. The molecule has 4 rings (SSSR count). The predicted molar refractivity (Wildman–Crippen MR) is 97.1 cm³/mol. The first-order valence-electron chi connectivity index (χ1n) is 7.22. The molecule has 4 aromatic rings. The molecule has 4 aromatic heterocycles. The Hall–Kier alpha value is -1.97. The van der Waals surface area contributed by atoms with E-state index in [0.29, 0.717) is 10.9 Å². The molecule has 1 N–H and O–H groups in total. The van der Waals surface area contributed by atoms with Crippen LogP contribution in [0.5, 0.6) is 0 Å². The molecule has 9 heteroatoms. The lowest BCUT2D eigenvalue weighted by atomic mass is 10.3. The molecule has 0 aliphatic heterocycles. The smallest absolute Gasteiger partial charge is 0.258 e. The van der Waals surface area contributed by atoms with Gasteiger partial charge in [0, 0.05) is 34.2 Å². The normalized spacial score (nSPS) is 11.4. The molecule has 0 atom stereocenters. The Morgan fingerprint density at radius 1 is 1.33 bits per heavy atom. The fourth-order valence-electron chi connectivity index (χ4n) is 2.31. The largest absolute Gasteiger partial charge is 0.269 e. The molecule has 0 unspecified atom stereocenters. The van der Waals surface area contributed by atoms with E-state index in [0.717, 1.165) is 28.6 Å². The number of aromatic amines is 1. The number of rotatable bonds is 5. The van der Waals surface area contributed by atoms with Crippen LogP contribution in [0.1, 0.15) is 22.1 Å². The van der Waals surface area contributed by atoms with Gasteiger partial charge in [0.2, 0.25) is 5.16 Å². The summed E-state index contributed by atoms with van der Waals surface area (Å²) in [5, 5.41) is 11.8. The Kier molecular flexibility index (Phi) is 4.21. The van der Waals surface area contributed by atoms with Gasteiger partial charge < -0.3 is 0 Å². The number of nitrogens with one attached hydrogen (secondary N) is 1. The van der Waals surface area contributed by atoms with Crippen LogP contribution in [-0.4, -0.2) is 24.6 Å². The van der Waals surface area contributed by atoms with E-state index in [1.807, 2.05) is 23.8 Å². The second-order valence-electron chi connectivity index (χ2n) is 5.19. The van der Waals surface area contributed by atoms with E-state index in [4.69, 9.17) is 0 Å². The van der Waals surface area contributed by atoms with Crippen molar-refractivity contribution in [2.75, 3.05) is 0 Å². The van der Waals surface area contributed by atoms with Crippen molar-refractivity contribution in [2.24, 2.45) is 0 Å². The summed E-state index contributed by atoms with van der Waals surface area (Å²) in [4.78, 5) is 23.2. The van der Waals surface area contributed by atoms with Crippen molar-refractivity contribution >= 4 is 39.4 Å². The monoisotopic (exact) mass is 375 g/mol. The van der Waals surface area contributed by atoms with Crippen molar-refractivity contribution in [2.45, 2.75) is 24.3 Å². The van der Waals surface area contributed by atoms with E-state index < -0.39 is 0 Å². The first-order chi connectivity index (χ1) is 11.7. The van der Waals surface area contributed by atoms with Crippen LogP contribution in [0.15, 0.2) is 38.9 Å². The number of thiophene rings is 1. The van der Waals surface area contributed by atoms with Gasteiger partial charge in [-0.1, -0.05) is 17.8 Å². The number of fused-ring (bicyclic) bond motifs is 1. The predicted octanol–water partition coefficient (Wildman–Crippen LogP) is 3.13. The highest BCUT2D eigenvalue weighted by atomic mass is 32.2. The number of aromatic nitrogens is 5. The molecule has 0 spiro atoms. The van der Waals surface area contributed by atoms with Crippen molar-refractivity contribution in [1.82, 2.24) is 24.6 Å². The number of nitrogens with zero attached hydrogens (tertiary/aromatic N) is 4. The summed E-state index contributed by atoms with van der Waals surface area (Å²) in [6, 6.07) is 5.69. The molecule has 0 saturated carbocycles. The van der Waals surface area contributed by atoms with Gasteiger partial charge in [0.25, 0.3) is 5.56 Å². The van der Waals surface area contributed by atoms with Gasteiger partial charge in [-0.15, -0.1) is 27.8 Å².